The first-order valence-electron chi connectivity index (χ1n) is 9.80. The first-order valence-corrected chi connectivity index (χ1v) is 11.2. The van der Waals surface area contributed by atoms with Crippen LogP contribution in [0.25, 0.3) is 0 Å². The van der Waals surface area contributed by atoms with Crippen LogP contribution in [0.15, 0.2) is 59.5 Å². The van der Waals surface area contributed by atoms with Gasteiger partial charge in [-0.05, 0) is 38.5 Å². The fourth-order valence-electron chi connectivity index (χ4n) is 3.24. The zero-order valence-corrected chi connectivity index (χ0v) is 18.2. The maximum Gasteiger partial charge on any atom is 0.412 e. The Bertz CT molecular complexity index is 957. The minimum atomic E-state index is -3.83. The molecule has 1 heterocycles. The maximum absolute atomic E-state index is 12.5. The van der Waals surface area contributed by atoms with E-state index in [4.69, 9.17) is 13.7 Å². The molecule has 0 saturated carbocycles. The molecule has 2 aromatic carbocycles. The number of aryl methyl sites for hydroxylation is 1. The van der Waals surface area contributed by atoms with Gasteiger partial charge in [0.15, 0.2) is 0 Å². The Balaban J connectivity index is 1.51. The van der Waals surface area contributed by atoms with Gasteiger partial charge in [-0.1, -0.05) is 48.0 Å². The Labute approximate surface area is 177 Å². The smallest absolute Gasteiger partial charge is 0.412 e. The van der Waals surface area contributed by atoms with Crippen molar-refractivity contribution >= 4 is 16.2 Å². The number of hydrogen-bond acceptors (Lipinski definition) is 6. The lowest BCUT2D eigenvalue weighted by Crippen LogP contribution is -2.43. The quantitative estimate of drug-likeness (QED) is 0.617. The van der Waals surface area contributed by atoms with Gasteiger partial charge in [0.2, 0.25) is 0 Å². The number of hydrogen-bond donors (Lipinski definition) is 0. The third-order valence-electron chi connectivity index (χ3n) is 4.90. The van der Waals surface area contributed by atoms with Gasteiger partial charge in [-0.3, -0.25) is 9.08 Å². The van der Waals surface area contributed by atoms with E-state index in [0.29, 0.717) is 13.0 Å². The molecule has 2 aromatic rings. The summed E-state index contributed by atoms with van der Waals surface area (Å²) in [4.78, 5) is 14.1. The zero-order valence-electron chi connectivity index (χ0n) is 17.4. The molecule has 1 atom stereocenters. The molecular weight excluding hydrogens is 406 g/mol. The van der Waals surface area contributed by atoms with Crippen LogP contribution in [0.4, 0.5) is 4.79 Å². The van der Waals surface area contributed by atoms with Crippen LogP contribution in [-0.2, 0) is 30.4 Å². The van der Waals surface area contributed by atoms with Crippen molar-refractivity contribution in [2.75, 3.05) is 13.2 Å². The Kier molecular flexibility index (Phi) is 6.80. The van der Waals surface area contributed by atoms with E-state index >= 15 is 0 Å². The molecule has 1 saturated heterocycles. The van der Waals surface area contributed by atoms with Crippen LogP contribution in [0.3, 0.4) is 0 Å². The predicted molar refractivity (Wildman–Crippen MR) is 111 cm³/mol. The van der Waals surface area contributed by atoms with Gasteiger partial charge in [-0.15, -0.1) is 0 Å². The topological polar surface area (TPSA) is 82.1 Å². The molecule has 0 N–H and O–H groups in total. The molecule has 0 unspecified atom stereocenters. The van der Waals surface area contributed by atoms with E-state index in [2.05, 4.69) is 0 Å². The molecule has 0 spiro atoms. The van der Waals surface area contributed by atoms with E-state index < -0.39 is 21.9 Å². The minimum absolute atomic E-state index is 0.0378. The minimum Gasteiger partial charge on any atom is -0.444 e. The third kappa shape index (κ3) is 5.59. The average molecular weight is 434 g/mol. The van der Waals surface area contributed by atoms with Gasteiger partial charge >= 0.3 is 6.09 Å². The Morgan fingerprint density at radius 1 is 1.13 bits per heavy atom. The summed E-state index contributed by atoms with van der Waals surface area (Å²) in [6.45, 7) is 5.88. The molecule has 8 heteroatoms. The van der Waals surface area contributed by atoms with Gasteiger partial charge in [0.25, 0.3) is 10.1 Å². The number of benzene rings is 2. The first-order chi connectivity index (χ1) is 14.2. The standard InChI is InChI=1S/C22H27NO6S/c1-17-9-11-20(12-10-17)30(25,26)28-14-13-19-15-23(22(2,3)29-19)21(24)27-16-18-7-5-4-6-8-18/h4-12,19H,13-16H2,1-3H3/t19-/m1/s1. The summed E-state index contributed by atoms with van der Waals surface area (Å²) in [6.07, 6.45) is -0.492. The molecular formula is C22H27NO6S. The van der Waals surface area contributed by atoms with E-state index in [0.717, 1.165) is 11.1 Å². The molecule has 1 aliphatic heterocycles. The van der Waals surface area contributed by atoms with Crippen molar-refractivity contribution in [3.05, 3.63) is 65.7 Å². The molecule has 7 nitrogen and oxygen atoms in total. The van der Waals surface area contributed by atoms with E-state index in [-0.39, 0.29) is 24.2 Å². The van der Waals surface area contributed by atoms with Crippen LogP contribution in [-0.4, -0.2) is 44.4 Å². The fraction of sp³-hybridized carbons (Fsp3) is 0.409. The summed E-state index contributed by atoms with van der Waals surface area (Å²) in [5.74, 6) is 0. The molecule has 3 rings (SSSR count). The molecule has 162 valence electrons. The molecule has 0 radical (unpaired) electrons. The monoisotopic (exact) mass is 433 g/mol. The van der Waals surface area contributed by atoms with Crippen LogP contribution in [0.5, 0.6) is 0 Å². The number of nitrogens with zero attached hydrogens (tertiary/aromatic N) is 1. The molecule has 30 heavy (non-hydrogen) atoms. The summed E-state index contributed by atoms with van der Waals surface area (Å²) < 4.78 is 41.0. The van der Waals surface area contributed by atoms with Gasteiger partial charge in [-0.2, -0.15) is 8.42 Å². The van der Waals surface area contributed by atoms with Crippen LogP contribution >= 0.6 is 0 Å². The average Bonchev–Trinajstić information content (AvgIpc) is 3.01. The Hall–Kier alpha value is -2.42. The molecule has 0 aliphatic carbocycles. The molecule has 1 fully saturated rings. The van der Waals surface area contributed by atoms with Gasteiger partial charge in [0, 0.05) is 6.42 Å². The van der Waals surface area contributed by atoms with Gasteiger partial charge in [-0.25, -0.2) is 4.79 Å². The highest BCUT2D eigenvalue weighted by atomic mass is 32.2. The number of carbonyl (C=O) groups excluding carboxylic acids is 1. The Morgan fingerprint density at radius 2 is 1.80 bits per heavy atom. The van der Waals surface area contributed by atoms with Crippen LogP contribution in [0.1, 0.15) is 31.4 Å². The van der Waals surface area contributed by atoms with Gasteiger partial charge in [0.05, 0.1) is 24.2 Å². The second-order valence-corrected chi connectivity index (χ2v) is 9.33. The molecule has 1 amide bonds. The normalized spacial score (nSPS) is 18.4. The van der Waals surface area contributed by atoms with Crippen molar-refractivity contribution in [3.63, 3.8) is 0 Å². The highest BCUT2D eigenvalue weighted by Crippen LogP contribution is 2.29. The van der Waals surface area contributed by atoms with Crippen molar-refractivity contribution in [3.8, 4) is 0 Å². The zero-order chi connectivity index (χ0) is 21.8. The second kappa shape index (κ2) is 9.16. The third-order valence-corrected chi connectivity index (χ3v) is 6.23. The summed E-state index contributed by atoms with van der Waals surface area (Å²) in [7, 11) is -3.83. The van der Waals surface area contributed by atoms with E-state index in [1.54, 1.807) is 26.0 Å². The number of ether oxygens (including phenoxy) is 2. The summed E-state index contributed by atoms with van der Waals surface area (Å²) >= 11 is 0. The summed E-state index contributed by atoms with van der Waals surface area (Å²) in [6, 6.07) is 15.9. The molecule has 1 aliphatic rings. The van der Waals surface area contributed by atoms with E-state index in [1.807, 2.05) is 37.3 Å². The highest BCUT2D eigenvalue weighted by molar-refractivity contribution is 7.86. The highest BCUT2D eigenvalue weighted by Gasteiger charge is 2.43. The molecule has 0 aromatic heterocycles. The number of rotatable bonds is 7. The van der Waals surface area contributed by atoms with Crippen LogP contribution in [0, 0.1) is 6.92 Å². The lowest BCUT2D eigenvalue weighted by Gasteiger charge is -2.28. The largest absolute Gasteiger partial charge is 0.444 e. The maximum atomic E-state index is 12.5. The van der Waals surface area contributed by atoms with E-state index in [1.165, 1.54) is 17.0 Å². The van der Waals surface area contributed by atoms with Crippen LogP contribution < -0.4 is 0 Å². The van der Waals surface area contributed by atoms with Crippen molar-refractivity contribution in [1.82, 2.24) is 4.90 Å². The fourth-order valence-corrected chi connectivity index (χ4v) is 4.16. The first kappa shape index (κ1) is 22.3. The summed E-state index contributed by atoms with van der Waals surface area (Å²) in [5.41, 5.74) is 1.01. The molecule has 0 bridgehead atoms. The lowest BCUT2D eigenvalue weighted by atomic mass is 10.2. The second-order valence-electron chi connectivity index (χ2n) is 7.72. The van der Waals surface area contributed by atoms with E-state index in [9.17, 15) is 13.2 Å². The predicted octanol–water partition coefficient (Wildman–Crippen LogP) is 3.86. The van der Waals surface area contributed by atoms with Crippen molar-refractivity contribution in [1.29, 1.82) is 0 Å². The summed E-state index contributed by atoms with van der Waals surface area (Å²) in [5, 5.41) is 0. The van der Waals surface area contributed by atoms with Crippen LogP contribution in [0.2, 0.25) is 0 Å². The van der Waals surface area contributed by atoms with Gasteiger partial charge < -0.3 is 9.47 Å². The number of amides is 1. The van der Waals surface area contributed by atoms with Crippen molar-refractivity contribution in [2.24, 2.45) is 0 Å². The van der Waals surface area contributed by atoms with Gasteiger partial charge in [0.1, 0.15) is 12.3 Å². The number of carbonyl (C=O) groups is 1. The Morgan fingerprint density at radius 3 is 2.47 bits per heavy atom. The van der Waals surface area contributed by atoms with Crippen molar-refractivity contribution < 1.29 is 26.9 Å². The van der Waals surface area contributed by atoms with Crippen molar-refractivity contribution in [2.45, 2.75) is 50.5 Å². The SMILES string of the molecule is Cc1ccc(S(=O)(=O)OCC[C@@H]2CN(C(=O)OCc3ccccc3)C(C)(C)O2)cc1. The lowest BCUT2D eigenvalue weighted by molar-refractivity contribution is -0.0733.